The quantitative estimate of drug-likeness (QED) is 0.840. The Bertz CT molecular complexity index is 867. The van der Waals surface area contributed by atoms with Gasteiger partial charge in [-0.1, -0.05) is 17.7 Å². The number of sulfonamides is 1. The summed E-state index contributed by atoms with van der Waals surface area (Å²) in [4.78, 5) is 6.54. The highest BCUT2D eigenvalue weighted by atomic mass is 32.2. The fourth-order valence-electron chi connectivity index (χ4n) is 3.96. The van der Waals surface area contributed by atoms with Crippen molar-refractivity contribution in [3.63, 3.8) is 0 Å². The van der Waals surface area contributed by atoms with Gasteiger partial charge in [-0.15, -0.1) is 0 Å². The average Bonchev–Trinajstić information content (AvgIpc) is 2.89. The second kappa shape index (κ2) is 5.57. The van der Waals surface area contributed by atoms with Gasteiger partial charge in [0.25, 0.3) is 10.0 Å². The van der Waals surface area contributed by atoms with Crippen LogP contribution in [0.15, 0.2) is 47.6 Å². The van der Waals surface area contributed by atoms with E-state index in [9.17, 15) is 8.42 Å². The first-order valence-corrected chi connectivity index (χ1v) is 9.66. The number of pyridine rings is 1. The Balaban J connectivity index is 1.87. The highest BCUT2D eigenvalue weighted by Gasteiger charge is 2.46. The molecule has 24 heavy (non-hydrogen) atoms. The largest absolute Gasteiger partial charge is 0.306 e. The summed E-state index contributed by atoms with van der Waals surface area (Å²) in [5.41, 5.74) is 3.15. The van der Waals surface area contributed by atoms with E-state index in [-0.39, 0.29) is 16.9 Å². The number of fused-ring (bicyclic) bond motifs is 3. The number of hydrogen-bond donors (Lipinski definition) is 0. The molecular weight excluding hydrogens is 322 g/mol. The topological polar surface area (TPSA) is 53.5 Å². The molecule has 0 radical (unpaired) electrons. The van der Waals surface area contributed by atoms with Crippen LogP contribution in [0.2, 0.25) is 0 Å². The Morgan fingerprint density at radius 2 is 2.08 bits per heavy atom. The predicted octanol–water partition coefficient (Wildman–Crippen LogP) is 2.39. The molecule has 1 aromatic heterocycles. The number of aryl methyl sites for hydroxylation is 1. The molecule has 6 heteroatoms. The van der Waals surface area contributed by atoms with Crippen LogP contribution in [-0.4, -0.2) is 44.5 Å². The number of hydrogen-bond acceptors (Lipinski definition) is 4. The van der Waals surface area contributed by atoms with E-state index in [4.69, 9.17) is 0 Å². The highest BCUT2D eigenvalue weighted by molar-refractivity contribution is 7.92. The Hall–Kier alpha value is -1.92. The van der Waals surface area contributed by atoms with Gasteiger partial charge in [0.1, 0.15) is 4.90 Å². The van der Waals surface area contributed by atoms with Crippen molar-refractivity contribution in [2.75, 3.05) is 24.4 Å². The Kier molecular flexibility index (Phi) is 3.62. The minimum Gasteiger partial charge on any atom is -0.306 e. The van der Waals surface area contributed by atoms with Gasteiger partial charge in [0.2, 0.25) is 0 Å². The molecule has 2 atom stereocenters. The van der Waals surface area contributed by atoms with E-state index in [2.05, 4.69) is 29.9 Å². The minimum absolute atomic E-state index is 0.0109. The lowest BCUT2D eigenvalue weighted by molar-refractivity contribution is 0.237. The van der Waals surface area contributed by atoms with Gasteiger partial charge in [-0.2, -0.15) is 0 Å². The average molecular weight is 343 g/mol. The molecule has 0 saturated carbocycles. The molecule has 0 bridgehead atoms. The molecule has 2 aliphatic rings. The molecule has 0 unspecified atom stereocenters. The molecule has 1 saturated heterocycles. The fraction of sp³-hybridized carbons (Fsp3) is 0.389. The van der Waals surface area contributed by atoms with Crippen LogP contribution in [0.3, 0.4) is 0 Å². The van der Waals surface area contributed by atoms with Crippen LogP contribution in [0, 0.1) is 6.92 Å². The van der Waals surface area contributed by atoms with E-state index in [0.717, 1.165) is 30.8 Å². The van der Waals surface area contributed by atoms with Crippen molar-refractivity contribution in [2.45, 2.75) is 30.2 Å². The first-order valence-electron chi connectivity index (χ1n) is 8.22. The second-order valence-electron chi connectivity index (χ2n) is 6.78. The van der Waals surface area contributed by atoms with Crippen molar-refractivity contribution in [1.29, 1.82) is 0 Å². The number of anilines is 1. The van der Waals surface area contributed by atoms with Gasteiger partial charge < -0.3 is 4.90 Å². The van der Waals surface area contributed by atoms with Crippen molar-refractivity contribution >= 4 is 15.7 Å². The SMILES string of the molecule is Cc1ccc2c(c1)[C@@H]1CN(C)CC[C@@H]1N2S(=O)(=O)c1cccnc1. The van der Waals surface area contributed by atoms with Gasteiger partial charge in [0, 0.05) is 24.9 Å². The molecule has 4 rings (SSSR count). The van der Waals surface area contributed by atoms with Crippen molar-refractivity contribution in [2.24, 2.45) is 0 Å². The molecule has 5 nitrogen and oxygen atoms in total. The van der Waals surface area contributed by atoms with Crippen LogP contribution in [0.4, 0.5) is 5.69 Å². The lowest BCUT2D eigenvalue weighted by Gasteiger charge is -2.36. The van der Waals surface area contributed by atoms with Gasteiger partial charge in [-0.3, -0.25) is 9.29 Å². The molecule has 1 aromatic carbocycles. The third kappa shape index (κ3) is 2.32. The minimum atomic E-state index is -3.60. The molecule has 0 spiro atoms. The number of likely N-dealkylation sites (tertiary alicyclic amines) is 1. The van der Waals surface area contributed by atoms with Crippen LogP contribution in [0.1, 0.15) is 23.5 Å². The molecule has 126 valence electrons. The summed E-state index contributed by atoms with van der Waals surface area (Å²) in [5.74, 6) is 0.227. The number of benzene rings is 1. The number of aromatic nitrogens is 1. The van der Waals surface area contributed by atoms with E-state index in [0.29, 0.717) is 0 Å². The van der Waals surface area contributed by atoms with E-state index >= 15 is 0 Å². The van der Waals surface area contributed by atoms with Crippen LogP contribution in [-0.2, 0) is 10.0 Å². The van der Waals surface area contributed by atoms with E-state index in [1.54, 1.807) is 22.6 Å². The monoisotopic (exact) mass is 343 g/mol. The number of piperidine rings is 1. The van der Waals surface area contributed by atoms with Crippen LogP contribution in [0.5, 0.6) is 0 Å². The molecule has 0 amide bonds. The van der Waals surface area contributed by atoms with E-state index in [1.807, 2.05) is 12.1 Å². The van der Waals surface area contributed by atoms with Crippen molar-refractivity contribution < 1.29 is 8.42 Å². The van der Waals surface area contributed by atoms with Gasteiger partial charge in [-0.05, 0) is 50.7 Å². The van der Waals surface area contributed by atoms with Gasteiger partial charge >= 0.3 is 0 Å². The third-order valence-electron chi connectivity index (χ3n) is 5.09. The maximum atomic E-state index is 13.3. The van der Waals surface area contributed by atoms with Crippen molar-refractivity contribution in [3.8, 4) is 0 Å². The first-order chi connectivity index (χ1) is 11.5. The smallest absolute Gasteiger partial charge is 0.266 e. The summed E-state index contributed by atoms with van der Waals surface area (Å²) in [5, 5.41) is 0. The lowest BCUT2D eigenvalue weighted by atomic mass is 9.89. The van der Waals surface area contributed by atoms with Gasteiger partial charge in [-0.25, -0.2) is 8.42 Å². The molecule has 0 aliphatic carbocycles. The molecule has 3 heterocycles. The second-order valence-corrected chi connectivity index (χ2v) is 8.59. The predicted molar refractivity (Wildman–Crippen MR) is 93.7 cm³/mol. The summed E-state index contributed by atoms with van der Waals surface area (Å²) >= 11 is 0. The van der Waals surface area contributed by atoms with Crippen LogP contribution >= 0.6 is 0 Å². The third-order valence-corrected chi connectivity index (χ3v) is 6.91. The Morgan fingerprint density at radius 3 is 2.83 bits per heavy atom. The van der Waals surface area contributed by atoms with Gasteiger partial charge in [0.05, 0.1) is 11.7 Å². The summed E-state index contributed by atoms with van der Waals surface area (Å²) in [6.07, 6.45) is 3.87. The number of likely N-dealkylation sites (N-methyl/N-ethyl adjacent to an activating group) is 1. The fourth-order valence-corrected chi connectivity index (χ4v) is 5.67. The summed E-state index contributed by atoms with van der Waals surface area (Å²) in [6.45, 7) is 3.85. The Morgan fingerprint density at radius 1 is 1.25 bits per heavy atom. The molecule has 1 fully saturated rings. The molecule has 2 aliphatic heterocycles. The molecule has 2 aromatic rings. The van der Waals surface area contributed by atoms with Crippen LogP contribution in [0.25, 0.3) is 0 Å². The van der Waals surface area contributed by atoms with E-state index < -0.39 is 10.0 Å². The Labute approximate surface area is 143 Å². The van der Waals surface area contributed by atoms with Crippen LogP contribution < -0.4 is 4.31 Å². The van der Waals surface area contributed by atoms with Crippen molar-refractivity contribution in [3.05, 3.63) is 53.9 Å². The molecular formula is C18H21N3O2S. The summed E-state index contributed by atoms with van der Waals surface area (Å²) in [6, 6.07) is 9.38. The maximum absolute atomic E-state index is 13.3. The normalized spacial score (nSPS) is 23.8. The molecule has 0 N–H and O–H groups in total. The number of nitrogens with zero attached hydrogens (tertiary/aromatic N) is 3. The highest BCUT2D eigenvalue weighted by Crippen LogP contribution is 2.47. The summed E-state index contributed by atoms with van der Waals surface area (Å²) < 4.78 is 28.2. The van der Waals surface area contributed by atoms with E-state index in [1.165, 1.54) is 11.8 Å². The zero-order valence-electron chi connectivity index (χ0n) is 13.9. The first kappa shape index (κ1) is 15.6. The maximum Gasteiger partial charge on any atom is 0.266 e. The zero-order chi connectivity index (χ0) is 16.9. The lowest BCUT2D eigenvalue weighted by Crippen LogP contribution is -2.47. The zero-order valence-corrected chi connectivity index (χ0v) is 14.7. The van der Waals surface area contributed by atoms with Gasteiger partial charge in [0.15, 0.2) is 0 Å². The standard InChI is InChI=1S/C18H21N3O2S/c1-13-5-6-17-15(10-13)16-12-20(2)9-7-18(16)21(17)24(22,23)14-4-3-8-19-11-14/h3-6,8,10-11,16,18H,7,9,12H2,1-2H3/t16-,18-/m0/s1. The number of rotatable bonds is 2. The van der Waals surface area contributed by atoms with Crippen molar-refractivity contribution in [1.82, 2.24) is 9.88 Å². The summed E-state index contributed by atoms with van der Waals surface area (Å²) in [7, 11) is -1.50.